The van der Waals surface area contributed by atoms with Gasteiger partial charge in [0.15, 0.2) is 0 Å². The number of carboxylic acid groups (broad SMARTS) is 1. The second-order valence-electron chi connectivity index (χ2n) is 2.97. The molecule has 5 heteroatoms. The van der Waals surface area contributed by atoms with Gasteiger partial charge in [0.1, 0.15) is 0 Å². The fraction of sp³-hybridized carbons (Fsp3) is 0.222. The molecule has 0 amide bonds. The lowest BCUT2D eigenvalue weighted by atomic mass is 10.2. The molecule has 14 heavy (non-hydrogen) atoms. The quantitative estimate of drug-likeness (QED) is 0.490. The van der Waals surface area contributed by atoms with E-state index in [0.29, 0.717) is 5.06 Å². The van der Waals surface area contributed by atoms with Crippen molar-refractivity contribution >= 4 is 11.7 Å². The number of anilines is 1. The first-order valence-corrected chi connectivity index (χ1v) is 3.96. The minimum Gasteiger partial charge on any atom is -0.478 e. The van der Waals surface area contributed by atoms with Gasteiger partial charge in [-0.1, -0.05) is 18.2 Å². The predicted molar refractivity (Wildman–Crippen MR) is 49.0 cm³/mol. The van der Waals surface area contributed by atoms with Gasteiger partial charge in [0.05, 0.1) is 5.69 Å². The Balaban J connectivity index is 2.96. The Morgan fingerprint density at radius 2 is 1.86 bits per heavy atom. The van der Waals surface area contributed by atoms with Gasteiger partial charge in [-0.2, -0.15) is 0 Å². The molecule has 0 aliphatic rings. The van der Waals surface area contributed by atoms with E-state index in [1.165, 1.54) is 12.1 Å². The van der Waals surface area contributed by atoms with Crippen LogP contribution >= 0.6 is 0 Å². The van der Waals surface area contributed by atoms with Crippen molar-refractivity contribution in [1.82, 2.24) is 0 Å². The lowest BCUT2D eigenvalue weighted by molar-refractivity contribution is -0.162. The molecule has 0 heterocycles. The van der Waals surface area contributed by atoms with E-state index < -0.39 is 11.7 Å². The average molecular weight is 197 g/mol. The lowest BCUT2D eigenvalue weighted by Crippen LogP contribution is -2.51. The SMILES string of the molecule is CC(O)(C(=O)O)N(O)c1ccccc1. The predicted octanol–water partition coefficient (Wildman–Crippen LogP) is 0.675. The molecular formula is C9H11NO4. The topological polar surface area (TPSA) is 81.0 Å². The first-order valence-electron chi connectivity index (χ1n) is 3.96. The van der Waals surface area contributed by atoms with Gasteiger partial charge in [-0.05, 0) is 19.1 Å². The van der Waals surface area contributed by atoms with E-state index >= 15 is 0 Å². The Labute approximate surface area is 80.8 Å². The summed E-state index contributed by atoms with van der Waals surface area (Å²) >= 11 is 0. The summed E-state index contributed by atoms with van der Waals surface area (Å²) in [5.41, 5.74) is -2.12. The van der Waals surface area contributed by atoms with Gasteiger partial charge in [-0.25, -0.2) is 9.86 Å². The Bertz CT molecular complexity index is 323. The lowest BCUT2D eigenvalue weighted by Gasteiger charge is -2.28. The third-order valence-corrected chi connectivity index (χ3v) is 1.82. The Morgan fingerprint density at radius 3 is 2.29 bits per heavy atom. The van der Waals surface area contributed by atoms with Gasteiger partial charge >= 0.3 is 5.97 Å². The molecule has 1 atom stereocenters. The number of rotatable bonds is 3. The van der Waals surface area contributed by atoms with Crippen LogP contribution in [0.25, 0.3) is 0 Å². The maximum Gasteiger partial charge on any atom is 0.359 e. The molecule has 1 aromatic carbocycles. The molecule has 1 unspecified atom stereocenters. The molecule has 5 nitrogen and oxygen atoms in total. The molecular weight excluding hydrogens is 186 g/mol. The molecule has 1 rings (SSSR count). The zero-order chi connectivity index (χ0) is 10.8. The highest BCUT2D eigenvalue weighted by atomic mass is 16.6. The second kappa shape index (κ2) is 3.65. The van der Waals surface area contributed by atoms with Gasteiger partial charge in [0.25, 0.3) is 5.72 Å². The number of aliphatic hydroxyl groups is 1. The molecule has 0 saturated heterocycles. The van der Waals surface area contributed by atoms with E-state index in [0.717, 1.165) is 6.92 Å². The molecule has 1 aromatic rings. The third kappa shape index (κ3) is 1.84. The molecule has 0 aromatic heterocycles. The van der Waals surface area contributed by atoms with Gasteiger partial charge in [0.2, 0.25) is 0 Å². The van der Waals surface area contributed by atoms with Crippen molar-refractivity contribution in [3.63, 3.8) is 0 Å². The molecule has 3 N–H and O–H groups in total. The third-order valence-electron chi connectivity index (χ3n) is 1.82. The zero-order valence-corrected chi connectivity index (χ0v) is 7.58. The van der Waals surface area contributed by atoms with E-state index in [-0.39, 0.29) is 5.69 Å². The summed E-state index contributed by atoms with van der Waals surface area (Å²) < 4.78 is 0. The average Bonchev–Trinajstić information content (AvgIpc) is 2.17. The number of nitrogens with zero attached hydrogens (tertiary/aromatic N) is 1. The number of para-hydroxylation sites is 1. The number of carbonyl (C=O) groups is 1. The van der Waals surface area contributed by atoms with Crippen LogP contribution in [0.4, 0.5) is 5.69 Å². The molecule has 0 aliphatic heterocycles. The highest BCUT2D eigenvalue weighted by molar-refractivity contribution is 5.79. The number of aliphatic carboxylic acids is 1. The van der Waals surface area contributed by atoms with Crippen LogP contribution in [0, 0.1) is 0 Å². The van der Waals surface area contributed by atoms with Crippen molar-refractivity contribution in [3.05, 3.63) is 30.3 Å². The van der Waals surface area contributed by atoms with Crippen molar-refractivity contribution in [2.24, 2.45) is 0 Å². The number of hydrogen-bond donors (Lipinski definition) is 3. The van der Waals surface area contributed by atoms with Crippen LogP contribution in [0.2, 0.25) is 0 Å². The summed E-state index contributed by atoms with van der Waals surface area (Å²) in [5, 5.41) is 27.7. The fourth-order valence-electron chi connectivity index (χ4n) is 0.911. The van der Waals surface area contributed by atoms with Crippen molar-refractivity contribution in [1.29, 1.82) is 0 Å². The van der Waals surface area contributed by atoms with Crippen molar-refractivity contribution < 1.29 is 20.2 Å². The van der Waals surface area contributed by atoms with Crippen molar-refractivity contribution in [2.75, 3.05) is 5.06 Å². The van der Waals surface area contributed by atoms with Gasteiger partial charge < -0.3 is 10.2 Å². The molecule has 0 saturated carbocycles. The van der Waals surface area contributed by atoms with Crippen LogP contribution in [0.15, 0.2) is 30.3 Å². The van der Waals surface area contributed by atoms with E-state index in [2.05, 4.69) is 0 Å². The molecule has 0 radical (unpaired) electrons. The Kier molecular flexibility index (Phi) is 2.73. The largest absolute Gasteiger partial charge is 0.478 e. The normalized spacial score (nSPS) is 14.5. The molecule has 76 valence electrons. The van der Waals surface area contributed by atoms with Crippen LogP contribution in [-0.4, -0.2) is 27.1 Å². The van der Waals surface area contributed by atoms with E-state index in [4.69, 9.17) is 5.11 Å². The number of hydrogen-bond acceptors (Lipinski definition) is 4. The second-order valence-corrected chi connectivity index (χ2v) is 2.97. The summed E-state index contributed by atoms with van der Waals surface area (Å²) in [6.07, 6.45) is 0. The van der Waals surface area contributed by atoms with Gasteiger partial charge in [0, 0.05) is 0 Å². The van der Waals surface area contributed by atoms with Crippen molar-refractivity contribution in [3.8, 4) is 0 Å². The first-order chi connectivity index (χ1) is 6.46. The maximum absolute atomic E-state index is 10.6. The summed E-state index contributed by atoms with van der Waals surface area (Å²) in [6, 6.07) is 7.93. The highest BCUT2D eigenvalue weighted by Gasteiger charge is 2.37. The zero-order valence-electron chi connectivity index (χ0n) is 7.58. The first kappa shape index (κ1) is 10.5. The molecule has 0 bridgehead atoms. The van der Waals surface area contributed by atoms with Crippen LogP contribution in [-0.2, 0) is 4.79 Å². The van der Waals surface area contributed by atoms with Crippen LogP contribution in [0.5, 0.6) is 0 Å². The van der Waals surface area contributed by atoms with Gasteiger partial charge in [-0.15, -0.1) is 0 Å². The van der Waals surface area contributed by atoms with Gasteiger partial charge in [-0.3, -0.25) is 5.21 Å². The summed E-state index contributed by atoms with van der Waals surface area (Å²) in [4.78, 5) is 10.6. The standard InChI is InChI=1S/C9H11NO4/c1-9(13,8(11)12)10(14)7-5-3-2-4-6-7/h2-6,13-14H,1H3,(H,11,12). The molecule has 0 aliphatic carbocycles. The summed E-state index contributed by atoms with van der Waals surface area (Å²) in [6.45, 7) is 0.988. The minimum atomic E-state index is -2.33. The smallest absolute Gasteiger partial charge is 0.359 e. The Hall–Kier alpha value is -1.59. The number of carboxylic acids is 1. The highest BCUT2D eigenvalue weighted by Crippen LogP contribution is 2.19. The maximum atomic E-state index is 10.6. The fourth-order valence-corrected chi connectivity index (χ4v) is 0.911. The molecule has 0 spiro atoms. The monoisotopic (exact) mass is 197 g/mol. The number of hydroxylamine groups is 1. The summed E-state index contributed by atoms with van der Waals surface area (Å²) in [5.74, 6) is -1.52. The minimum absolute atomic E-state index is 0.208. The molecule has 0 fully saturated rings. The van der Waals surface area contributed by atoms with E-state index in [9.17, 15) is 15.1 Å². The number of benzene rings is 1. The van der Waals surface area contributed by atoms with Crippen LogP contribution < -0.4 is 5.06 Å². The van der Waals surface area contributed by atoms with E-state index in [1.54, 1.807) is 18.2 Å². The Morgan fingerprint density at radius 1 is 1.36 bits per heavy atom. The van der Waals surface area contributed by atoms with Crippen molar-refractivity contribution in [2.45, 2.75) is 12.6 Å². The van der Waals surface area contributed by atoms with E-state index in [1.807, 2.05) is 0 Å². The van der Waals surface area contributed by atoms with Crippen LogP contribution in [0.3, 0.4) is 0 Å². The summed E-state index contributed by atoms with van der Waals surface area (Å²) in [7, 11) is 0. The van der Waals surface area contributed by atoms with Crippen LogP contribution in [0.1, 0.15) is 6.92 Å².